The third-order valence-electron chi connectivity index (χ3n) is 5.92. The first-order chi connectivity index (χ1) is 14.4. The minimum absolute atomic E-state index is 0.00820. The van der Waals surface area contributed by atoms with Crippen molar-refractivity contribution < 1.29 is 14.3 Å². The standard InChI is InChI=1S/C26H29NO3/c1-16(2)15-30-21-9-7-18(8-10-21)20-12-23-26(24(28)13-20)22(14-25(29)27-23)19-6-4-5-17(3)11-19/h4-11,16,20,22H,12-15H2,1-3H3,(H,27,29). The molecule has 4 heteroatoms. The molecule has 1 N–H and O–H groups in total. The number of allylic oxidation sites excluding steroid dienone is 2. The van der Waals surface area contributed by atoms with Gasteiger partial charge in [0.2, 0.25) is 5.91 Å². The molecule has 156 valence electrons. The van der Waals surface area contributed by atoms with Crippen LogP contribution in [0.25, 0.3) is 0 Å². The number of amides is 1. The Hall–Kier alpha value is -2.88. The van der Waals surface area contributed by atoms with Crippen LogP contribution in [0.1, 0.15) is 61.6 Å². The molecular formula is C26H29NO3. The average Bonchev–Trinajstić information content (AvgIpc) is 2.71. The van der Waals surface area contributed by atoms with Crippen LogP contribution in [0.15, 0.2) is 59.8 Å². The monoisotopic (exact) mass is 403 g/mol. The summed E-state index contributed by atoms with van der Waals surface area (Å²) in [7, 11) is 0. The Balaban J connectivity index is 1.58. The lowest BCUT2D eigenvalue weighted by Gasteiger charge is -2.34. The predicted molar refractivity (Wildman–Crippen MR) is 117 cm³/mol. The Kier molecular flexibility index (Phi) is 5.76. The van der Waals surface area contributed by atoms with Gasteiger partial charge in [0, 0.05) is 30.0 Å². The normalized spacial score (nSPS) is 21.5. The molecule has 30 heavy (non-hydrogen) atoms. The van der Waals surface area contributed by atoms with Gasteiger partial charge < -0.3 is 10.1 Å². The van der Waals surface area contributed by atoms with E-state index in [9.17, 15) is 9.59 Å². The second-order valence-corrected chi connectivity index (χ2v) is 8.91. The zero-order chi connectivity index (χ0) is 21.3. The number of hydrogen-bond donors (Lipinski definition) is 1. The fourth-order valence-corrected chi connectivity index (χ4v) is 4.47. The molecule has 2 aliphatic rings. The van der Waals surface area contributed by atoms with E-state index in [0.29, 0.717) is 31.8 Å². The lowest BCUT2D eigenvalue weighted by molar-refractivity contribution is -0.122. The van der Waals surface area contributed by atoms with Crippen molar-refractivity contribution in [2.24, 2.45) is 5.92 Å². The highest BCUT2D eigenvalue weighted by Crippen LogP contribution is 2.42. The third kappa shape index (κ3) is 4.33. The van der Waals surface area contributed by atoms with Crippen LogP contribution in [0, 0.1) is 12.8 Å². The number of carbonyl (C=O) groups excluding carboxylic acids is 2. The summed E-state index contributed by atoms with van der Waals surface area (Å²) >= 11 is 0. The largest absolute Gasteiger partial charge is 0.493 e. The average molecular weight is 404 g/mol. The second-order valence-electron chi connectivity index (χ2n) is 8.91. The zero-order valence-electron chi connectivity index (χ0n) is 17.9. The van der Waals surface area contributed by atoms with Crippen molar-refractivity contribution in [3.63, 3.8) is 0 Å². The van der Waals surface area contributed by atoms with Crippen LogP contribution < -0.4 is 10.1 Å². The SMILES string of the molecule is Cc1cccc(C2CC(=O)NC3=C2C(=O)CC(c2ccc(OCC(C)C)cc2)C3)c1. The Morgan fingerprint density at radius 3 is 2.47 bits per heavy atom. The Morgan fingerprint density at radius 2 is 1.77 bits per heavy atom. The first-order valence-corrected chi connectivity index (χ1v) is 10.8. The van der Waals surface area contributed by atoms with Crippen molar-refractivity contribution in [2.75, 3.05) is 6.61 Å². The number of hydrogen-bond acceptors (Lipinski definition) is 3. The maximum Gasteiger partial charge on any atom is 0.225 e. The highest BCUT2D eigenvalue weighted by molar-refractivity contribution is 6.02. The molecule has 2 aromatic carbocycles. The lowest BCUT2D eigenvalue weighted by atomic mass is 9.73. The first-order valence-electron chi connectivity index (χ1n) is 10.8. The van der Waals surface area contributed by atoms with E-state index in [1.54, 1.807) is 0 Å². The fraction of sp³-hybridized carbons (Fsp3) is 0.385. The molecule has 4 rings (SSSR count). The molecule has 1 aliphatic carbocycles. The van der Waals surface area contributed by atoms with Crippen molar-refractivity contribution in [3.05, 3.63) is 76.5 Å². The smallest absolute Gasteiger partial charge is 0.225 e. The number of benzene rings is 2. The molecule has 0 fully saturated rings. The molecule has 0 saturated heterocycles. The molecule has 0 spiro atoms. The quantitative estimate of drug-likeness (QED) is 0.761. The van der Waals surface area contributed by atoms with Crippen LogP contribution in [-0.4, -0.2) is 18.3 Å². The van der Waals surface area contributed by atoms with E-state index >= 15 is 0 Å². The Labute approximate surface area is 178 Å². The number of ether oxygens (including phenoxy) is 1. The number of Topliss-reactive ketones (excluding diaryl/α,β-unsaturated/α-hetero) is 1. The van der Waals surface area contributed by atoms with Gasteiger partial charge in [0.1, 0.15) is 5.75 Å². The van der Waals surface area contributed by atoms with Crippen LogP contribution in [-0.2, 0) is 9.59 Å². The maximum absolute atomic E-state index is 13.2. The van der Waals surface area contributed by atoms with Crippen molar-refractivity contribution in [2.45, 2.75) is 51.9 Å². The molecular weight excluding hydrogens is 374 g/mol. The van der Waals surface area contributed by atoms with Crippen LogP contribution in [0.3, 0.4) is 0 Å². The van der Waals surface area contributed by atoms with E-state index in [2.05, 4.69) is 25.2 Å². The van der Waals surface area contributed by atoms with Gasteiger partial charge in [0.25, 0.3) is 0 Å². The van der Waals surface area contributed by atoms with E-state index < -0.39 is 0 Å². The molecule has 1 heterocycles. The molecule has 1 amide bonds. The molecule has 0 radical (unpaired) electrons. The van der Waals surface area contributed by atoms with Gasteiger partial charge in [-0.3, -0.25) is 9.59 Å². The van der Waals surface area contributed by atoms with Crippen molar-refractivity contribution in [3.8, 4) is 5.75 Å². The number of carbonyl (C=O) groups is 2. The minimum Gasteiger partial charge on any atom is -0.493 e. The van der Waals surface area contributed by atoms with Crippen LogP contribution >= 0.6 is 0 Å². The van der Waals surface area contributed by atoms with Crippen LogP contribution in [0.5, 0.6) is 5.75 Å². The topological polar surface area (TPSA) is 55.4 Å². The van der Waals surface area contributed by atoms with Crippen molar-refractivity contribution in [1.29, 1.82) is 0 Å². The Morgan fingerprint density at radius 1 is 1.00 bits per heavy atom. The maximum atomic E-state index is 13.2. The Bertz CT molecular complexity index is 988. The molecule has 4 nitrogen and oxygen atoms in total. The number of ketones is 1. The molecule has 0 aromatic heterocycles. The van der Waals surface area contributed by atoms with Gasteiger partial charge in [-0.2, -0.15) is 0 Å². The van der Waals surface area contributed by atoms with Crippen LogP contribution in [0.2, 0.25) is 0 Å². The van der Waals surface area contributed by atoms with Gasteiger partial charge in [-0.15, -0.1) is 0 Å². The summed E-state index contributed by atoms with van der Waals surface area (Å²) in [6.45, 7) is 6.96. The molecule has 0 bridgehead atoms. The zero-order valence-corrected chi connectivity index (χ0v) is 17.9. The van der Waals surface area contributed by atoms with E-state index in [4.69, 9.17) is 4.74 Å². The summed E-state index contributed by atoms with van der Waals surface area (Å²) in [5.41, 5.74) is 4.91. The van der Waals surface area contributed by atoms with E-state index in [-0.39, 0.29) is 23.5 Å². The molecule has 1 aliphatic heterocycles. The molecule has 2 aromatic rings. The van der Waals surface area contributed by atoms with Crippen molar-refractivity contribution >= 4 is 11.7 Å². The van der Waals surface area contributed by atoms with Gasteiger partial charge in [-0.25, -0.2) is 0 Å². The third-order valence-corrected chi connectivity index (χ3v) is 5.92. The second kappa shape index (κ2) is 8.47. The summed E-state index contributed by atoms with van der Waals surface area (Å²) in [5, 5.41) is 3.00. The van der Waals surface area contributed by atoms with E-state index in [1.165, 1.54) is 0 Å². The van der Waals surface area contributed by atoms with E-state index in [1.807, 2.05) is 49.4 Å². The summed E-state index contributed by atoms with van der Waals surface area (Å²) in [5.74, 6) is 1.39. The van der Waals surface area contributed by atoms with E-state index in [0.717, 1.165) is 33.7 Å². The fourth-order valence-electron chi connectivity index (χ4n) is 4.47. The lowest BCUT2D eigenvalue weighted by Crippen LogP contribution is -2.38. The number of rotatable bonds is 5. The van der Waals surface area contributed by atoms with Gasteiger partial charge in [-0.1, -0.05) is 55.8 Å². The highest BCUT2D eigenvalue weighted by atomic mass is 16.5. The summed E-state index contributed by atoms with van der Waals surface area (Å²) in [6.07, 6.45) is 1.49. The predicted octanol–water partition coefficient (Wildman–Crippen LogP) is 5.03. The summed E-state index contributed by atoms with van der Waals surface area (Å²) < 4.78 is 5.77. The number of nitrogens with one attached hydrogen (secondary N) is 1. The molecule has 2 atom stereocenters. The molecule has 0 saturated carbocycles. The van der Waals surface area contributed by atoms with Gasteiger partial charge in [0.05, 0.1) is 6.61 Å². The van der Waals surface area contributed by atoms with Gasteiger partial charge >= 0.3 is 0 Å². The first kappa shape index (κ1) is 20.4. The summed E-state index contributed by atoms with van der Waals surface area (Å²) in [6, 6.07) is 16.2. The van der Waals surface area contributed by atoms with Crippen molar-refractivity contribution in [1.82, 2.24) is 5.32 Å². The van der Waals surface area contributed by atoms with Gasteiger partial charge in [-0.05, 0) is 48.4 Å². The minimum atomic E-state index is -0.145. The van der Waals surface area contributed by atoms with Gasteiger partial charge in [0.15, 0.2) is 5.78 Å². The number of aryl methyl sites for hydroxylation is 1. The summed E-state index contributed by atoms with van der Waals surface area (Å²) in [4.78, 5) is 25.6. The highest BCUT2D eigenvalue weighted by Gasteiger charge is 2.38. The van der Waals surface area contributed by atoms with Crippen LogP contribution in [0.4, 0.5) is 0 Å². The molecule has 2 unspecified atom stereocenters.